The zero-order valence-corrected chi connectivity index (χ0v) is 6.98. The summed E-state index contributed by atoms with van der Waals surface area (Å²) in [5.41, 5.74) is 0.782. The largest absolute Gasteiger partial charge is 0.545 e. The molecule has 1 aromatic rings. The quantitative estimate of drug-likeness (QED) is 0.652. The van der Waals surface area contributed by atoms with Crippen molar-refractivity contribution in [2.75, 3.05) is 0 Å². The second kappa shape index (κ2) is 3.55. The lowest BCUT2D eigenvalue weighted by Gasteiger charge is -1.87. The molecule has 0 amide bonds. The topological polar surface area (TPSA) is 40.1 Å². The summed E-state index contributed by atoms with van der Waals surface area (Å²) in [6, 6.07) is 1.69. The average Bonchev–Trinajstić information content (AvgIpc) is 2.31. The Morgan fingerprint density at radius 1 is 1.73 bits per heavy atom. The zero-order chi connectivity index (χ0) is 8.27. The van der Waals surface area contributed by atoms with Crippen LogP contribution in [0.4, 0.5) is 0 Å². The van der Waals surface area contributed by atoms with Gasteiger partial charge in [-0.2, -0.15) is 0 Å². The van der Waals surface area contributed by atoms with Gasteiger partial charge in [-0.25, -0.2) is 0 Å². The molecular weight excluding hydrogens is 184 g/mol. The summed E-state index contributed by atoms with van der Waals surface area (Å²) in [6.45, 7) is 0. The zero-order valence-electron chi connectivity index (χ0n) is 5.41. The molecule has 0 radical (unpaired) electrons. The Balaban J connectivity index is 2.71. The summed E-state index contributed by atoms with van der Waals surface area (Å²) in [6.07, 6.45) is 2.41. The molecule has 4 heteroatoms. The van der Waals surface area contributed by atoms with Crippen LogP contribution in [0.5, 0.6) is 0 Å². The second-order valence-corrected chi connectivity index (χ2v) is 3.38. The first-order valence-corrected chi connectivity index (χ1v) is 4.07. The Labute approximate surface area is 72.7 Å². The van der Waals surface area contributed by atoms with Gasteiger partial charge in [-0.1, -0.05) is 17.7 Å². The monoisotopic (exact) mass is 187 g/mol. The van der Waals surface area contributed by atoms with Crippen LogP contribution in [0.25, 0.3) is 6.08 Å². The molecule has 1 rings (SSSR count). The summed E-state index contributed by atoms with van der Waals surface area (Å²) in [4.78, 5) is 9.95. The smallest absolute Gasteiger partial charge is 0.0934 e. The van der Waals surface area contributed by atoms with E-state index >= 15 is 0 Å². The molecule has 0 aliphatic rings. The average molecular weight is 188 g/mol. The van der Waals surface area contributed by atoms with E-state index in [0.717, 1.165) is 11.6 Å². The van der Waals surface area contributed by atoms with Crippen molar-refractivity contribution in [3.63, 3.8) is 0 Å². The fourth-order valence-corrected chi connectivity index (χ4v) is 1.43. The maximum absolute atomic E-state index is 9.95. The van der Waals surface area contributed by atoms with Crippen molar-refractivity contribution in [2.24, 2.45) is 0 Å². The molecule has 0 fully saturated rings. The number of rotatable bonds is 2. The highest BCUT2D eigenvalue weighted by molar-refractivity contribution is 7.14. The minimum absolute atomic E-state index is 0.642. The number of thiophene rings is 1. The molecule has 2 nitrogen and oxygen atoms in total. The van der Waals surface area contributed by atoms with Crippen LogP contribution in [0.2, 0.25) is 4.34 Å². The van der Waals surface area contributed by atoms with Crippen molar-refractivity contribution in [1.29, 1.82) is 0 Å². The van der Waals surface area contributed by atoms with Crippen molar-refractivity contribution in [1.82, 2.24) is 0 Å². The van der Waals surface area contributed by atoms with Crippen LogP contribution in [0.15, 0.2) is 17.5 Å². The Morgan fingerprint density at radius 3 is 2.91 bits per heavy atom. The van der Waals surface area contributed by atoms with E-state index < -0.39 is 5.97 Å². The van der Waals surface area contributed by atoms with E-state index in [-0.39, 0.29) is 0 Å². The first-order chi connectivity index (χ1) is 5.18. The molecule has 0 saturated carbocycles. The van der Waals surface area contributed by atoms with Crippen LogP contribution in [-0.4, -0.2) is 5.97 Å². The van der Waals surface area contributed by atoms with E-state index in [1.807, 2.05) is 0 Å². The molecule has 0 aliphatic heterocycles. The van der Waals surface area contributed by atoms with Gasteiger partial charge >= 0.3 is 0 Å². The van der Waals surface area contributed by atoms with Gasteiger partial charge in [0.1, 0.15) is 0 Å². The number of hydrogen-bond acceptors (Lipinski definition) is 3. The third-order valence-corrected chi connectivity index (χ3v) is 2.11. The van der Waals surface area contributed by atoms with Crippen LogP contribution in [-0.2, 0) is 4.79 Å². The van der Waals surface area contributed by atoms with Crippen LogP contribution >= 0.6 is 22.9 Å². The van der Waals surface area contributed by atoms with Crippen LogP contribution in [0.1, 0.15) is 5.56 Å². The number of carbonyl (C=O) groups excluding carboxylic acids is 1. The fraction of sp³-hybridized carbons (Fsp3) is 0. The first-order valence-electron chi connectivity index (χ1n) is 2.81. The molecule has 0 aromatic carbocycles. The predicted molar refractivity (Wildman–Crippen MR) is 43.4 cm³/mol. The third kappa shape index (κ3) is 2.74. The Kier molecular flexibility index (Phi) is 2.68. The summed E-state index contributed by atoms with van der Waals surface area (Å²) in [7, 11) is 0. The van der Waals surface area contributed by atoms with Gasteiger partial charge in [-0.15, -0.1) is 11.3 Å². The number of hydrogen-bond donors (Lipinski definition) is 0. The van der Waals surface area contributed by atoms with Crippen molar-refractivity contribution in [3.8, 4) is 0 Å². The molecule has 0 unspecified atom stereocenters. The van der Waals surface area contributed by atoms with Crippen molar-refractivity contribution < 1.29 is 9.90 Å². The highest BCUT2D eigenvalue weighted by Gasteiger charge is 1.91. The van der Waals surface area contributed by atoms with Gasteiger partial charge in [0.25, 0.3) is 0 Å². The van der Waals surface area contributed by atoms with Crippen LogP contribution in [0, 0.1) is 0 Å². The van der Waals surface area contributed by atoms with E-state index in [2.05, 4.69) is 0 Å². The lowest BCUT2D eigenvalue weighted by atomic mass is 10.3. The summed E-state index contributed by atoms with van der Waals surface area (Å²) in [5.74, 6) is -1.20. The molecule has 1 aromatic heterocycles. The third-order valence-electron chi connectivity index (χ3n) is 1.000. The normalized spacial score (nSPS) is 10.6. The minimum atomic E-state index is -1.20. The molecule has 11 heavy (non-hydrogen) atoms. The van der Waals surface area contributed by atoms with Crippen molar-refractivity contribution in [3.05, 3.63) is 27.4 Å². The minimum Gasteiger partial charge on any atom is -0.545 e. The summed E-state index contributed by atoms with van der Waals surface area (Å²) >= 11 is 6.95. The molecule has 58 valence electrons. The number of carboxylic acid groups (broad SMARTS) is 1. The molecule has 0 N–H and O–H groups in total. The van der Waals surface area contributed by atoms with Gasteiger partial charge in [-0.3, -0.25) is 0 Å². The highest BCUT2D eigenvalue weighted by Crippen LogP contribution is 2.20. The van der Waals surface area contributed by atoms with Crippen LogP contribution < -0.4 is 5.11 Å². The lowest BCUT2D eigenvalue weighted by Crippen LogP contribution is -2.18. The van der Waals surface area contributed by atoms with E-state index in [0.29, 0.717) is 4.34 Å². The Bertz CT molecular complexity index is 290. The number of aliphatic carboxylic acids is 1. The SMILES string of the molecule is O=C([O-])/C=C/c1csc(Cl)c1. The molecular formula is C7H4ClO2S-. The molecule has 0 atom stereocenters. The summed E-state index contributed by atoms with van der Waals surface area (Å²) < 4.78 is 0.642. The molecule has 0 aliphatic carbocycles. The van der Waals surface area contributed by atoms with E-state index in [1.54, 1.807) is 11.4 Å². The van der Waals surface area contributed by atoms with Crippen molar-refractivity contribution in [2.45, 2.75) is 0 Å². The Hall–Kier alpha value is -0.800. The molecule has 0 spiro atoms. The van der Waals surface area contributed by atoms with Crippen molar-refractivity contribution >= 4 is 35.0 Å². The standard InChI is InChI=1S/C7H5ClO2S/c8-6-3-5(4-11-6)1-2-7(9)10/h1-4H,(H,9,10)/p-1/b2-1+. The maximum atomic E-state index is 9.95. The number of carboxylic acids is 1. The van der Waals surface area contributed by atoms with Gasteiger partial charge in [0.05, 0.1) is 10.3 Å². The number of halogens is 1. The number of carbonyl (C=O) groups is 1. The van der Waals surface area contributed by atoms with E-state index in [4.69, 9.17) is 11.6 Å². The first kappa shape index (κ1) is 8.30. The predicted octanol–water partition coefficient (Wildman–Crippen LogP) is 1.16. The molecule has 0 saturated heterocycles. The lowest BCUT2D eigenvalue weighted by molar-refractivity contribution is -0.297. The molecule has 0 bridgehead atoms. The summed E-state index contributed by atoms with van der Waals surface area (Å²) in [5, 5.41) is 11.7. The molecule has 1 heterocycles. The maximum Gasteiger partial charge on any atom is 0.0934 e. The van der Waals surface area contributed by atoms with Crippen LogP contribution in [0.3, 0.4) is 0 Å². The van der Waals surface area contributed by atoms with Gasteiger partial charge in [0.2, 0.25) is 0 Å². The van der Waals surface area contributed by atoms with E-state index in [1.165, 1.54) is 17.4 Å². The Morgan fingerprint density at radius 2 is 2.45 bits per heavy atom. The van der Waals surface area contributed by atoms with E-state index in [9.17, 15) is 9.90 Å². The van der Waals surface area contributed by atoms with Gasteiger partial charge in [-0.05, 0) is 23.1 Å². The highest BCUT2D eigenvalue weighted by atomic mass is 35.5. The van der Waals surface area contributed by atoms with Gasteiger partial charge in [0.15, 0.2) is 0 Å². The van der Waals surface area contributed by atoms with Gasteiger partial charge in [0, 0.05) is 0 Å². The fourth-order valence-electron chi connectivity index (χ4n) is 0.575. The second-order valence-electron chi connectivity index (χ2n) is 1.84. The van der Waals surface area contributed by atoms with Gasteiger partial charge < -0.3 is 9.90 Å².